The van der Waals surface area contributed by atoms with Crippen LogP contribution in [0.3, 0.4) is 0 Å². The molecule has 1 atom stereocenters. The van der Waals surface area contributed by atoms with Crippen LogP contribution in [0.4, 0.5) is 5.69 Å². The molecule has 0 aliphatic heterocycles. The number of Topliss-reactive ketones (excluding diaryl/α,β-unsaturated/α-hetero) is 1. The van der Waals surface area contributed by atoms with E-state index >= 15 is 0 Å². The number of rotatable bonds is 7. The van der Waals surface area contributed by atoms with Crippen LogP contribution in [0.2, 0.25) is 5.02 Å². The summed E-state index contributed by atoms with van der Waals surface area (Å²) in [4.78, 5) is 23.8. The maximum absolute atomic E-state index is 12.0. The number of nitrogens with one attached hydrogen (secondary N) is 1. The van der Waals surface area contributed by atoms with Crippen LogP contribution in [0.15, 0.2) is 24.3 Å². The number of hydrogen-bond donors (Lipinski definition) is 1. The van der Waals surface area contributed by atoms with Crippen molar-refractivity contribution < 1.29 is 9.59 Å². The smallest absolute Gasteiger partial charge is 0.249 e. The summed E-state index contributed by atoms with van der Waals surface area (Å²) in [6.07, 6.45) is 2.85. The summed E-state index contributed by atoms with van der Waals surface area (Å²) in [6, 6.07) is 8.46. The SMILES string of the molecule is CCCCCC(=O)[C@@H](C#N)C(=O)Nc1ccccc1Cl. The van der Waals surface area contributed by atoms with Gasteiger partial charge in [-0.2, -0.15) is 5.26 Å². The first-order chi connectivity index (χ1) is 9.60. The van der Waals surface area contributed by atoms with Gasteiger partial charge in [-0.1, -0.05) is 43.5 Å². The van der Waals surface area contributed by atoms with E-state index in [1.165, 1.54) is 0 Å². The summed E-state index contributed by atoms with van der Waals surface area (Å²) in [5.41, 5.74) is 0.403. The second-order valence-corrected chi connectivity index (χ2v) is 4.86. The Labute approximate surface area is 123 Å². The maximum Gasteiger partial charge on any atom is 0.249 e. The largest absolute Gasteiger partial charge is 0.323 e. The molecule has 0 spiro atoms. The molecule has 1 aromatic rings. The van der Waals surface area contributed by atoms with E-state index in [0.29, 0.717) is 17.1 Å². The van der Waals surface area contributed by atoms with E-state index in [-0.39, 0.29) is 12.2 Å². The van der Waals surface area contributed by atoms with E-state index in [2.05, 4.69) is 5.32 Å². The molecule has 0 saturated heterocycles. The zero-order chi connectivity index (χ0) is 15.0. The number of carbonyl (C=O) groups is 2. The second kappa shape index (κ2) is 8.34. The molecule has 4 nitrogen and oxygen atoms in total. The minimum atomic E-state index is -1.27. The molecular weight excluding hydrogens is 276 g/mol. The van der Waals surface area contributed by atoms with E-state index in [1.807, 2.05) is 6.92 Å². The number of para-hydroxylation sites is 1. The highest BCUT2D eigenvalue weighted by atomic mass is 35.5. The minimum absolute atomic E-state index is 0.252. The molecule has 20 heavy (non-hydrogen) atoms. The first-order valence-corrected chi connectivity index (χ1v) is 6.95. The molecule has 106 valence electrons. The lowest BCUT2D eigenvalue weighted by Gasteiger charge is -2.10. The fourth-order valence-corrected chi connectivity index (χ4v) is 1.92. The van der Waals surface area contributed by atoms with Crippen LogP contribution >= 0.6 is 11.6 Å². The minimum Gasteiger partial charge on any atom is -0.323 e. The predicted molar refractivity (Wildman–Crippen MR) is 78.3 cm³/mol. The van der Waals surface area contributed by atoms with Crippen molar-refractivity contribution in [1.29, 1.82) is 5.26 Å². The number of amides is 1. The third kappa shape index (κ3) is 4.67. The first kappa shape index (κ1) is 16.2. The van der Waals surface area contributed by atoms with E-state index < -0.39 is 11.8 Å². The Morgan fingerprint density at radius 2 is 2.05 bits per heavy atom. The van der Waals surface area contributed by atoms with Gasteiger partial charge in [-0.15, -0.1) is 0 Å². The Balaban J connectivity index is 2.66. The van der Waals surface area contributed by atoms with Crippen molar-refractivity contribution in [2.75, 3.05) is 5.32 Å². The Morgan fingerprint density at radius 1 is 1.35 bits per heavy atom. The Kier molecular flexibility index (Phi) is 6.75. The number of ketones is 1. The molecule has 0 aliphatic carbocycles. The van der Waals surface area contributed by atoms with E-state index in [4.69, 9.17) is 16.9 Å². The summed E-state index contributed by atoms with van der Waals surface area (Å²) in [6.45, 7) is 2.02. The van der Waals surface area contributed by atoms with Gasteiger partial charge in [-0.05, 0) is 18.6 Å². The average Bonchev–Trinajstić information content (AvgIpc) is 2.42. The van der Waals surface area contributed by atoms with Gasteiger partial charge < -0.3 is 5.32 Å². The molecule has 0 fully saturated rings. The van der Waals surface area contributed by atoms with Gasteiger partial charge in [0.1, 0.15) is 0 Å². The summed E-state index contributed by atoms with van der Waals surface area (Å²) in [5.74, 6) is -2.24. The van der Waals surface area contributed by atoms with Gasteiger partial charge in [0, 0.05) is 6.42 Å². The molecule has 1 aromatic carbocycles. The highest BCUT2D eigenvalue weighted by Gasteiger charge is 2.26. The lowest BCUT2D eigenvalue weighted by atomic mass is 9.99. The number of nitriles is 1. The van der Waals surface area contributed by atoms with Gasteiger partial charge in [0.25, 0.3) is 0 Å². The molecular formula is C15H17ClN2O2. The number of nitrogens with zero attached hydrogens (tertiary/aromatic N) is 1. The number of carbonyl (C=O) groups excluding carboxylic acids is 2. The van der Waals surface area contributed by atoms with Crippen molar-refractivity contribution in [2.24, 2.45) is 5.92 Å². The highest BCUT2D eigenvalue weighted by molar-refractivity contribution is 6.33. The fourth-order valence-electron chi connectivity index (χ4n) is 1.74. The monoisotopic (exact) mass is 292 g/mol. The number of hydrogen-bond acceptors (Lipinski definition) is 3. The first-order valence-electron chi connectivity index (χ1n) is 6.57. The summed E-state index contributed by atoms with van der Waals surface area (Å²) >= 11 is 5.92. The topological polar surface area (TPSA) is 70.0 Å². The zero-order valence-electron chi connectivity index (χ0n) is 11.4. The van der Waals surface area contributed by atoms with Crippen LogP contribution in [0, 0.1) is 17.2 Å². The molecule has 0 bridgehead atoms. The molecule has 5 heteroatoms. The van der Waals surface area contributed by atoms with Gasteiger partial charge in [0.05, 0.1) is 16.8 Å². The van der Waals surface area contributed by atoms with Crippen molar-refractivity contribution in [2.45, 2.75) is 32.6 Å². The number of anilines is 1. The van der Waals surface area contributed by atoms with Crippen LogP contribution in [0.25, 0.3) is 0 Å². The lowest BCUT2D eigenvalue weighted by molar-refractivity contribution is -0.128. The standard InChI is InChI=1S/C15H17ClN2O2/c1-2-3-4-9-14(19)11(10-17)15(20)18-13-8-6-5-7-12(13)16/h5-8,11H,2-4,9H2,1H3,(H,18,20)/t11-/m1/s1. The summed E-state index contributed by atoms with van der Waals surface area (Å²) in [5, 5.41) is 11.9. The van der Waals surface area contributed by atoms with Crippen LogP contribution in [-0.2, 0) is 9.59 Å². The number of unbranched alkanes of at least 4 members (excludes halogenated alkanes) is 2. The molecule has 0 aliphatic rings. The number of halogens is 1. The maximum atomic E-state index is 12.0. The van der Waals surface area contributed by atoms with Gasteiger partial charge in [-0.25, -0.2) is 0 Å². The highest BCUT2D eigenvalue weighted by Crippen LogP contribution is 2.21. The van der Waals surface area contributed by atoms with Crippen molar-refractivity contribution in [3.05, 3.63) is 29.3 Å². The van der Waals surface area contributed by atoms with Crippen molar-refractivity contribution >= 4 is 29.0 Å². The van der Waals surface area contributed by atoms with Crippen molar-refractivity contribution in [1.82, 2.24) is 0 Å². The molecule has 0 aromatic heterocycles. The third-order valence-corrected chi connectivity index (χ3v) is 3.20. The Bertz CT molecular complexity index is 523. The van der Waals surface area contributed by atoms with Gasteiger partial charge in [0.15, 0.2) is 11.7 Å². The zero-order valence-corrected chi connectivity index (χ0v) is 12.1. The second-order valence-electron chi connectivity index (χ2n) is 4.45. The van der Waals surface area contributed by atoms with Gasteiger partial charge >= 0.3 is 0 Å². The Morgan fingerprint density at radius 3 is 2.65 bits per heavy atom. The molecule has 1 N–H and O–H groups in total. The van der Waals surface area contributed by atoms with Crippen LogP contribution in [-0.4, -0.2) is 11.7 Å². The van der Waals surface area contributed by atoms with Crippen LogP contribution < -0.4 is 5.32 Å². The van der Waals surface area contributed by atoms with Gasteiger partial charge in [-0.3, -0.25) is 9.59 Å². The Hall–Kier alpha value is -1.86. The quantitative estimate of drug-likeness (QED) is 0.617. The lowest BCUT2D eigenvalue weighted by Crippen LogP contribution is -2.28. The normalized spacial score (nSPS) is 11.4. The van der Waals surface area contributed by atoms with Crippen molar-refractivity contribution in [3.8, 4) is 6.07 Å². The number of benzene rings is 1. The molecule has 0 heterocycles. The third-order valence-electron chi connectivity index (χ3n) is 2.87. The van der Waals surface area contributed by atoms with E-state index in [1.54, 1.807) is 30.3 Å². The van der Waals surface area contributed by atoms with Crippen molar-refractivity contribution in [3.63, 3.8) is 0 Å². The van der Waals surface area contributed by atoms with E-state index in [0.717, 1.165) is 12.8 Å². The fraction of sp³-hybridized carbons (Fsp3) is 0.400. The summed E-state index contributed by atoms with van der Waals surface area (Å²) < 4.78 is 0. The van der Waals surface area contributed by atoms with Crippen LogP contribution in [0.5, 0.6) is 0 Å². The molecule has 0 radical (unpaired) electrons. The van der Waals surface area contributed by atoms with Crippen LogP contribution in [0.1, 0.15) is 32.6 Å². The molecule has 1 amide bonds. The van der Waals surface area contributed by atoms with Gasteiger partial charge in [0.2, 0.25) is 5.91 Å². The molecule has 1 rings (SSSR count). The molecule has 0 saturated carbocycles. The average molecular weight is 293 g/mol. The summed E-state index contributed by atoms with van der Waals surface area (Å²) in [7, 11) is 0. The molecule has 0 unspecified atom stereocenters. The predicted octanol–water partition coefficient (Wildman–Crippen LogP) is 3.57. The van der Waals surface area contributed by atoms with E-state index in [9.17, 15) is 9.59 Å².